The van der Waals surface area contributed by atoms with Gasteiger partial charge in [0, 0.05) is 44.0 Å². The summed E-state index contributed by atoms with van der Waals surface area (Å²) in [5, 5.41) is 7.46. The number of para-hydroxylation sites is 3. The zero-order valence-electron chi connectivity index (χ0n) is 28.1. The summed E-state index contributed by atoms with van der Waals surface area (Å²) in [5.74, 6) is 0. The van der Waals surface area contributed by atoms with E-state index in [2.05, 4.69) is 179 Å². The van der Waals surface area contributed by atoms with Gasteiger partial charge in [-0.2, -0.15) is 0 Å². The second kappa shape index (κ2) is 11.2. The van der Waals surface area contributed by atoms with E-state index >= 15 is 0 Å². The van der Waals surface area contributed by atoms with Gasteiger partial charge in [0.25, 0.3) is 0 Å². The zero-order valence-corrected chi connectivity index (χ0v) is 28.1. The lowest BCUT2D eigenvalue weighted by Crippen LogP contribution is -2.00. The van der Waals surface area contributed by atoms with Gasteiger partial charge in [-0.3, -0.25) is 0 Å². The summed E-state index contributed by atoms with van der Waals surface area (Å²) in [5.41, 5.74) is 12.4. The second-order valence-electron chi connectivity index (χ2n) is 13.4. The molecule has 0 aliphatic heterocycles. The Balaban J connectivity index is 1.31. The maximum absolute atomic E-state index is 5.38. The minimum Gasteiger partial charge on any atom is -0.307 e. The van der Waals surface area contributed by atoms with Gasteiger partial charge in [0.1, 0.15) is 0 Å². The highest BCUT2D eigenvalue weighted by Crippen LogP contribution is 2.46. The van der Waals surface area contributed by atoms with Crippen molar-refractivity contribution in [1.82, 2.24) is 19.1 Å². The van der Waals surface area contributed by atoms with Gasteiger partial charge in [-0.15, -0.1) is 0 Å². The Morgan fingerprint density at radius 3 is 1.29 bits per heavy atom. The molecule has 0 unspecified atom stereocenters. The minimum atomic E-state index is 0.850. The molecule has 3 heterocycles. The normalized spacial score (nSPS) is 11.8. The molecule has 11 aromatic rings. The van der Waals surface area contributed by atoms with Crippen LogP contribution in [0.5, 0.6) is 0 Å². The molecule has 0 fully saturated rings. The average molecular weight is 663 g/mol. The van der Waals surface area contributed by atoms with E-state index in [0.717, 1.165) is 50.4 Å². The molecule has 0 bridgehead atoms. The lowest BCUT2D eigenvalue weighted by atomic mass is 9.98. The topological polar surface area (TPSA) is 35.6 Å². The first-order valence-corrected chi connectivity index (χ1v) is 17.7. The first-order chi connectivity index (χ1) is 25.8. The standard InChI is InChI=1S/C48H30N4/c1-4-16-31(17-5-1)45-46(32-18-6-2-7-19-32)50-40-30-34(28-29-39(40)49-45)52-42-27-15-13-25-38(42)44-36-23-11-10-22-35(36)43-37-24-12-14-26-41(37)51(47(43)48(44)52)33-20-8-3-9-21-33/h1-30H. The molecule has 4 heteroatoms. The third-order valence-electron chi connectivity index (χ3n) is 10.5. The Morgan fingerprint density at radius 1 is 0.327 bits per heavy atom. The van der Waals surface area contributed by atoms with E-state index in [-0.39, 0.29) is 0 Å². The fraction of sp³-hybridized carbons (Fsp3) is 0. The molecule has 0 aliphatic carbocycles. The van der Waals surface area contributed by atoms with Crippen LogP contribution in [0.15, 0.2) is 182 Å². The van der Waals surface area contributed by atoms with Gasteiger partial charge in [0.2, 0.25) is 0 Å². The number of hydrogen-bond acceptors (Lipinski definition) is 2. The van der Waals surface area contributed by atoms with E-state index in [1.807, 2.05) is 12.1 Å². The molecule has 3 aromatic heterocycles. The molecule has 0 amide bonds. The SMILES string of the molecule is c1ccc(-c2nc3ccc(-n4c5ccccc5c5c6ccccc6c6c7ccccc7n(-c7ccccc7)c6c54)cc3nc2-c2ccccc2)cc1. The molecule has 0 atom stereocenters. The first kappa shape index (κ1) is 28.8. The molecule has 0 saturated heterocycles. The van der Waals surface area contributed by atoms with Crippen LogP contribution in [0.4, 0.5) is 0 Å². The van der Waals surface area contributed by atoms with E-state index in [9.17, 15) is 0 Å². The van der Waals surface area contributed by atoms with Crippen molar-refractivity contribution in [3.63, 3.8) is 0 Å². The van der Waals surface area contributed by atoms with Crippen LogP contribution in [0.2, 0.25) is 0 Å². The molecule has 4 nitrogen and oxygen atoms in total. The highest BCUT2D eigenvalue weighted by atomic mass is 15.0. The molecule has 52 heavy (non-hydrogen) atoms. The highest BCUT2D eigenvalue weighted by molar-refractivity contribution is 6.36. The molecule has 11 rings (SSSR count). The largest absolute Gasteiger partial charge is 0.307 e. The van der Waals surface area contributed by atoms with Gasteiger partial charge in [-0.25, -0.2) is 9.97 Å². The highest BCUT2D eigenvalue weighted by Gasteiger charge is 2.25. The van der Waals surface area contributed by atoms with Crippen LogP contribution in [0, 0.1) is 0 Å². The van der Waals surface area contributed by atoms with Crippen LogP contribution in [-0.2, 0) is 0 Å². The van der Waals surface area contributed by atoms with Crippen molar-refractivity contribution in [3.05, 3.63) is 182 Å². The summed E-state index contributed by atoms with van der Waals surface area (Å²) in [6, 6.07) is 64.6. The van der Waals surface area contributed by atoms with Gasteiger partial charge in [-0.1, -0.05) is 140 Å². The quantitative estimate of drug-likeness (QED) is 0.188. The number of benzene rings is 8. The van der Waals surface area contributed by atoms with Crippen LogP contribution in [0.3, 0.4) is 0 Å². The zero-order chi connectivity index (χ0) is 34.2. The maximum atomic E-state index is 5.38. The van der Waals surface area contributed by atoms with E-state index in [1.54, 1.807) is 0 Å². The molecule has 0 aliphatic rings. The molecular formula is C48H30N4. The number of rotatable bonds is 4. The molecular weight excluding hydrogens is 633 g/mol. The molecule has 0 N–H and O–H groups in total. The molecule has 0 saturated carbocycles. The van der Waals surface area contributed by atoms with Crippen molar-refractivity contribution >= 4 is 65.4 Å². The van der Waals surface area contributed by atoms with Crippen LogP contribution >= 0.6 is 0 Å². The summed E-state index contributed by atoms with van der Waals surface area (Å²) < 4.78 is 4.90. The van der Waals surface area contributed by atoms with Crippen molar-refractivity contribution in [2.75, 3.05) is 0 Å². The number of nitrogens with zero attached hydrogens (tertiary/aromatic N) is 4. The summed E-state index contributed by atoms with van der Waals surface area (Å²) in [4.78, 5) is 10.7. The van der Waals surface area contributed by atoms with E-state index in [1.165, 1.54) is 48.9 Å². The maximum Gasteiger partial charge on any atom is 0.0973 e. The Kier molecular flexibility index (Phi) is 6.22. The Hall–Kier alpha value is -7.04. The van der Waals surface area contributed by atoms with Gasteiger partial charge in [0.15, 0.2) is 0 Å². The first-order valence-electron chi connectivity index (χ1n) is 17.7. The van der Waals surface area contributed by atoms with E-state index in [0.29, 0.717) is 0 Å². The third-order valence-corrected chi connectivity index (χ3v) is 10.5. The number of fused-ring (bicyclic) bond motifs is 11. The van der Waals surface area contributed by atoms with Crippen molar-refractivity contribution in [3.8, 4) is 33.9 Å². The summed E-state index contributed by atoms with van der Waals surface area (Å²) in [7, 11) is 0. The molecule has 0 spiro atoms. The van der Waals surface area contributed by atoms with Gasteiger partial charge < -0.3 is 9.13 Å². The van der Waals surface area contributed by atoms with E-state index < -0.39 is 0 Å². The fourth-order valence-corrected chi connectivity index (χ4v) is 8.28. The van der Waals surface area contributed by atoms with Gasteiger partial charge in [-0.05, 0) is 53.2 Å². The predicted octanol–water partition coefficient (Wildman–Crippen LogP) is 12.3. The van der Waals surface area contributed by atoms with Gasteiger partial charge in [0.05, 0.1) is 44.5 Å². The number of hydrogen-bond donors (Lipinski definition) is 0. The van der Waals surface area contributed by atoms with Crippen molar-refractivity contribution in [1.29, 1.82) is 0 Å². The lowest BCUT2D eigenvalue weighted by molar-refractivity contribution is 1.15. The fourth-order valence-electron chi connectivity index (χ4n) is 8.28. The Morgan fingerprint density at radius 2 is 0.750 bits per heavy atom. The number of aromatic nitrogens is 4. The molecule has 242 valence electrons. The predicted molar refractivity (Wildman–Crippen MR) is 217 cm³/mol. The van der Waals surface area contributed by atoms with Crippen LogP contribution in [-0.4, -0.2) is 19.1 Å². The van der Waals surface area contributed by atoms with Crippen molar-refractivity contribution < 1.29 is 0 Å². The molecule has 0 radical (unpaired) electrons. The van der Waals surface area contributed by atoms with Gasteiger partial charge >= 0.3 is 0 Å². The minimum absolute atomic E-state index is 0.850. The van der Waals surface area contributed by atoms with E-state index in [4.69, 9.17) is 9.97 Å². The smallest absolute Gasteiger partial charge is 0.0973 e. The summed E-state index contributed by atoms with van der Waals surface area (Å²) in [6.45, 7) is 0. The Labute approximate surface area is 299 Å². The molecule has 8 aromatic carbocycles. The third kappa shape index (κ3) is 4.15. The monoisotopic (exact) mass is 662 g/mol. The second-order valence-corrected chi connectivity index (χ2v) is 13.4. The average Bonchev–Trinajstić information content (AvgIpc) is 3.75. The summed E-state index contributed by atoms with van der Waals surface area (Å²) >= 11 is 0. The van der Waals surface area contributed by atoms with Crippen LogP contribution in [0.1, 0.15) is 0 Å². The summed E-state index contributed by atoms with van der Waals surface area (Å²) in [6.07, 6.45) is 0. The lowest BCUT2D eigenvalue weighted by Gasteiger charge is -2.15. The van der Waals surface area contributed by atoms with Crippen LogP contribution in [0.25, 0.3) is 99.3 Å². The Bertz CT molecular complexity index is 3160. The van der Waals surface area contributed by atoms with Crippen LogP contribution < -0.4 is 0 Å². The van der Waals surface area contributed by atoms with Crippen molar-refractivity contribution in [2.24, 2.45) is 0 Å². The van der Waals surface area contributed by atoms with Crippen molar-refractivity contribution in [2.45, 2.75) is 0 Å².